The highest BCUT2D eigenvalue weighted by Gasteiger charge is 2.09. The van der Waals surface area contributed by atoms with E-state index in [1.165, 1.54) is 17.5 Å². The molecule has 0 fully saturated rings. The smallest absolute Gasteiger partial charge is 0.347 e. The van der Waals surface area contributed by atoms with Crippen LogP contribution in [-0.4, -0.2) is 23.2 Å². The second kappa shape index (κ2) is 4.97. The Bertz CT molecular complexity index is 536. The number of benzene rings is 1. The van der Waals surface area contributed by atoms with Crippen LogP contribution in [0.1, 0.15) is 20.2 Å². The van der Waals surface area contributed by atoms with Gasteiger partial charge >= 0.3 is 5.97 Å². The van der Waals surface area contributed by atoms with Crippen LogP contribution in [0.15, 0.2) is 30.5 Å². The fourth-order valence-corrected chi connectivity index (χ4v) is 2.24. The molecule has 1 N–H and O–H groups in total. The van der Waals surface area contributed by atoms with Gasteiger partial charge in [-0.25, -0.2) is 9.78 Å². The molecular formula is C12H11NO3S. The van der Waals surface area contributed by atoms with Crippen LogP contribution in [0.25, 0.3) is 0 Å². The zero-order valence-electron chi connectivity index (χ0n) is 9.21. The fraction of sp³-hybridized carbons (Fsp3) is 0.167. The van der Waals surface area contributed by atoms with Crippen molar-refractivity contribution in [2.75, 3.05) is 7.11 Å². The number of aromatic nitrogens is 1. The first-order valence-corrected chi connectivity index (χ1v) is 5.81. The molecule has 0 aliphatic rings. The highest BCUT2D eigenvalue weighted by molar-refractivity contribution is 7.13. The Labute approximate surface area is 103 Å². The Balaban J connectivity index is 2.16. The van der Waals surface area contributed by atoms with Gasteiger partial charge in [-0.15, -0.1) is 11.3 Å². The van der Waals surface area contributed by atoms with Crippen LogP contribution in [-0.2, 0) is 6.42 Å². The number of thiazole rings is 1. The van der Waals surface area contributed by atoms with E-state index in [4.69, 9.17) is 9.84 Å². The van der Waals surface area contributed by atoms with E-state index in [-0.39, 0.29) is 4.88 Å². The van der Waals surface area contributed by atoms with Crippen molar-refractivity contribution in [3.63, 3.8) is 0 Å². The van der Waals surface area contributed by atoms with Crippen molar-refractivity contribution < 1.29 is 14.6 Å². The molecule has 0 aliphatic heterocycles. The molecule has 2 rings (SSSR count). The normalized spacial score (nSPS) is 10.2. The molecule has 0 saturated carbocycles. The van der Waals surface area contributed by atoms with E-state index in [0.29, 0.717) is 6.42 Å². The van der Waals surface area contributed by atoms with Crippen LogP contribution in [0.3, 0.4) is 0 Å². The lowest BCUT2D eigenvalue weighted by atomic mass is 10.1. The maximum absolute atomic E-state index is 10.7. The molecule has 17 heavy (non-hydrogen) atoms. The van der Waals surface area contributed by atoms with Crippen LogP contribution in [0, 0.1) is 0 Å². The lowest BCUT2D eigenvalue weighted by molar-refractivity contribution is 0.0702. The average molecular weight is 249 g/mol. The number of hydrogen-bond acceptors (Lipinski definition) is 4. The van der Waals surface area contributed by atoms with Gasteiger partial charge in [-0.1, -0.05) is 12.1 Å². The molecule has 0 saturated heterocycles. The summed E-state index contributed by atoms with van der Waals surface area (Å²) in [5, 5.41) is 9.58. The summed E-state index contributed by atoms with van der Waals surface area (Å²) in [7, 11) is 1.62. The zero-order chi connectivity index (χ0) is 12.3. The van der Waals surface area contributed by atoms with Crippen molar-refractivity contribution in [1.82, 2.24) is 4.98 Å². The van der Waals surface area contributed by atoms with Gasteiger partial charge < -0.3 is 9.84 Å². The first kappa shape index (κ1) is 11.6. The van der Waals surface area contributed by atoms with Crippen molar-refractivity contribution in [3.05, 3.63) is 45.9 Å². The first-order chi connectivity index (χ1) is 8.19. The third-order valence-corrected chi connectivity index (χ3v) is 3.24. The Kier molecular flexibility index (Phi) is 3.39. The molecule has 0 amide bonds. The summed E-state index contributed by atoms with van der Waals surface area (Å²) in [5.74, 6) is -0.142. The van der Waals surface area contributed by atoms with E-state index in [0.717, 1.165) is 16.3 Å². The minimum atomic E-state index is -0.931. The van der Waals surface area contributed by atoms with Gasteiger partial charge in [-0.2, -0.15) is 0 Å². The van der Waals surface area contributed by atoms with Gasteiger partial charge in [-0.3, -0.25) is 0 Å². The molecular weight excluding hydrogens is 238 g/mol. The van der Waals surface area contributed by atoms with E-state index in [9.17, 15) is 4.79 Å². The van der Waals surface area contributed by atoms with Crippen LogP contribution < -0.4 is 4.74 Å². The number of hydrogen-bond donors (Lipinski definition) is 1. The van der Waals surface area contributed by atoms with E-state index in [2.05, 4.69) is 4.98 Å². The van der Waals surface area contributed by atoms with Gasteiger partial charge in [0.25, 0.3) is 0 Å². The molecule has 1 aromatic carbocycles. The molecule has 1 heterocycles. The maximum Gasteiger partial charge on any atom is 0.347 e. The minimum absolute atomic E-state index is 0.267. The minimum Gasteiger partial charge on any atom is -0.497 e. The van der Waals surface area contributed by atoms with E-state index in [1.807, 2.05) is 24.3 Å². The largest absolute Gasteiger partial charge is 0.497 e. The summed E-state index contributed by atoms with van der Waals surface area (Å²) in [6.07, 6.45) is 2.01. The molecule has 4 nitrogen and oxygen atoms in total. The molecule has 0 aliphatic carbocycles. The SMILES string of the molecule is COc1cccc(Cc2ncc(C(=O)O)s2)c1. The highest BCUT2D eigenvalue weighted by Crippen LogP contribution is 2.19. The molecule has 0 radical (unpaired) electrons. The lowest BCUT2D eigenvalue weighted by Gasteiger charge is -2.02. The number of carboxylic acid groups (broad SMARTS) is 1. The highest BCUT2D eigenvalue weighted by atomic mass is 32.1. The van der Waals surface area contributed by atoms with Gasteiger partial charge in [0.05, 0.1) is 18.3 Å². The van der Waals surface area contributed by atoms with Crippen LogP contribution in [0.2, 0.25) is 0 Å². The maximum atomic E-state index is 10.7. The predicted octanol–water partition coefficient (Wildman–Crippen LogP) is 2.44. The second-order valence-electron chi connectivity index (χ2n) is 3.45. The molecule has 0 bridgehead atoms. The van der Waals surface area contributed by atoms with E-state index in [1.54, 1.807) is 7.11 Å². The van der Waals surface area contributed by atoms with Crippen molar-refractivity contribution in [1.29, 1.82) is 0 Å². The number of ether oxygens (including phenoxy) is 1. The number of methoxy groups -OCH3 is 1. The summed E-state index contributed by atoms with van der Waals surface area (Å²) in [6, 6.07) is 7.65. The second-order valence-corrected chi connectivity index (χ2v) is 4.57. The van der Waals surface area contributed by atoms with Gasteiger partial charge in [0.2, 0.25) is 0 Å². The Morgan fingerprint density at radius 1 is 1.53 bits per heavy atom. The van der Waals surface area contributed by atoms with E-state index < -0.39 is 5.97 Å². The van der Waals surface area contributed by atoms with Crippen LogP contribution in [0.5, 0.6) is 5.75 Å². The molecule has 88 valence electrons. The molecule has 0 atom stereocenters. The number of carboxylic acids is 1. The number of rotatable bonds is 4. The lowest BCUT2D eigenvalue weighted by Crippen LogP contribution is -1.90. The average Bonchev–Trinajstić information content (AvgIpc) is 2.78. The predicted molar refractivity (Wildman–Crippen MR) is 64.9 cm³/mol. The molecule has 2 aromatic rings. The summed E-state index contributed by atoms with van der Waals surface area (Å²) in [4.78, 5) is 15.1. The quantitative estimate of drug-likeness (QED) is 0.904. The van der Waals surface area contributed by atoms with E-state index >= 15 is 0 Å². The summed E-state index contributed by atoms with van der Waals surface area (Å²) >= 11 is 1.20. The van der Waals surface area contributed by atoms with Crippen molar-refractivity contribution in [3.8, 4) is 5.75 Å². The third-order valence-electron chi connectivity index (χ3n) is 2.25. The summed E-state index contributed by atoms with van der Waals surface area (Å²) in [6.45, 7) is 0. The van der Waals surface area contributed by atoms with Gasteiger partial charge in [0, 0.05) is 6.42 Å². The van der Waals surface area contributed by atoms with Gasteiger partial charge in [0.15, 0.2) is 0 Å². The van der Waals surface area contributed by atoms with Gasteiger partial charge in [0.1, 0.15) is 10.6 Å². The first-order valence-electron chi connectivity index (χ1n) is 5.00. The fourth-order valence-electron chi connectivity index (χ4n) is 1.45. The zero-order valence-corrected chi connectivity index (χ0v) is 10.0. The number of nitrogens with zero attached hydrogens (tertiary/aromatic N) is 1. The van der Waals surface area contributed by atoms with Crippen molar-refractivity contribution in [2.24, 2.45) is 0 Å². The van der Waals surface area contributed by atoms with Crippen LogP contribution >= 0.6 is 11.3 Å². The topological polar surface area (TPSA) is 59.4 Å². The summed E-state index contributed by atoms with van der Waals surface area (Å²) in [5.41, 5.74) is 1.05. The van der Waals surface area contributed by atoms with Gasteiger partial charge in [-0.05, 0) is 17.7 Å². The number of aromatic carboxylic acids is 1. The molecule has 0 spiro atoms. The summed E-state index contributed by atoms with van der Waals surface area (Å²) < 4.78 is 5.12. The standard InChI is InChI=1S/C12H11NO3S/c1-16-9-4-2-3-8(5-9)6-11-13-7-10(17-11)12(14)15/h2-5,7H,6H2,1H3,(H,14,15). The number of carbonyl (C=O) groups is 1. The van der Waals surface area contributed by atoms with Crippen LogP contribution in [0.4, 0.5) is 0 Å². The Morgan fingerprint density at radius 3 is 3.00 bits per heavy atom. The Hall–Kier alpha value is -1.88. The van der Waals surface area contributed by atoms with Crippen molar-refractivity contribution >= 4 is 17.3 Å². The molecule has 1 aromatic heterocycles. The monoisotopic (exact) mass is 249 g/mol. The van der Waals surface area contributed by atoms with Crippen molar-refractivity contribution in [2.45, 2.75) is 6.42 Å². The Morgan fingerprint density at radius 2 is 2.35 bits per heavy atom. The third kappa shape index (κ3) is 2.82. The molecule has 5 heteroatoms. The molecule has 0 unspecified atom stereocenters.